The molecule has 19 heavy (non-hydrogen) atoms. The van der Waals surface area contributed by atoms with Crippen molar-refractivity contribution in [3.63, 3.8) is 0 Å². The van der Waals surface area contributed by atoms with E-state index in [0.717, 1.165) is 34.9 Å². The van der Waals surface area contributed by atoms with Crippen LogP contribution in [-0.4, -0.2) is 15.2 Å². The van der Waals surface area contributed by atoms with Gasteiger partial charge in [-0.1, -0.05) is 13.8 Å². The minimum Gasteiger partial charge on any atom is -0.314 e. The van der Waals surface area contributed by atoms with E-state index in [0.29, 0.717) is 11.4 Å². The highest BCUT2D eigenvalue weighted by molar-refractivity contribution is 7.13. The predicted octanol–water partition coefficient (Wildman–Crippen LogP) is 2.98. The lowest BCUT2D eigenvalue weighted by Gasteiger charge is -2.10. The average molecular weight is 273 g/mol. The second kappa shape index (κ2) is 5.76. The number of nitrogens with zero attached hydrogens (tertiary/aromatic N) is 4. The highest BCUT2D eigenvalue weighted by Crippen LogP contribution is 2.24. The van der Waals surface area contributed by atoms with Crippen molar-refractivity contribution in [3.8, 4) is 6.07 Å². The molecule has 2 heterocycles. The number of rotatable bonds is 4. The first-order chi connectivity index (χ1) is 9.19. The second-order valence-electron chi connectivity index (χ2n) is 4.09. The Morgan fingerprint density at radius 2 is 2.11 bits per heavy atom. The number of thiazole rings is 1. The highest BCUT2D eigenvalue weighted by Gasteiger charge is 2.15. The summed E-state index contributed by atoms with van der Waals surface area (Å²) in [6.45, 7) is 5.96. The molecule has 0 unspecified atom stereocenters. The van der Waals surface area contributed by atoms with Crippen molar-refractivity contribution in [1.29, 1.82) is 5.26 Å². The van der Waals surface area contributed by atoms with Gasteiger partial charge in [0, 0.05) is 5.38 Å². The molecule has 0 atom stereocenters. The molecular formula is C13H15N5S. The molecule has 0 saturated heterocycles. The molecule has 0 amide bonds. The van der Waals surface area contributed by atoms with Crippen molar-refractivity contribution >= 4 is 22.3 Å². The second-order valence-corrected chi connectivity index (χ2v) is 4.94. The number of hydrogen-bond donors (Lipinski definition) is 1. The Kier molecular flexibility index (Phi) is 4.07. The summed E-state index contributed by atoms with van der Waals surface area (Å²) >= 11 is 1.49. The first-order valence-electron chi connectivity index (χ1n) is 6.17. The molecular weight excluding hydrogens is 258 g/mol. The lowest BCUT2D eigenvalue weighted by Crippen LogP contribution is -2.07. The van der Waals surface area contributed by atoms with Gasteiger partial charge in [0.1, 0.15) is 11.6 Å². The van der Waals surface area contributed by atoms with Crippen LogP contribution >= 0.6 is 11.3 Å². The van der Waals surface area contributed by atoms with Crippen molar-refractivity contribution in [2.75, 3.05) is 5.32 Å². The fourth-order valence-electron chi connectivity index (χ4n) is 1.89. The van der Waals surface area contributed by atoms with Crippen LogP contribution < -0.4 is 5.32 Å². The molecule has 2 rings (SSSR count). The summed E-state index contributed by atoms with van der Waals surface area (Å²) in [4.78, 5) is 4.31. The molecule has 0 aromatic carbocycles. The van der Waals surface area contributed by atoms with Crippen molar-refractivity contribution in [2.24, 2.45) is 0 Å². The Morgan fingerprint density at radius 3 is 2.63 bits per heavy atom. The summed E-state index contributed by atoms with van der Waals surface area (Å²) in [7, 11) is 0. The predicted molar refractivity (Wildman–Crippen MR) is 75.6 cm³/mol. The van der Waals surface area contributed by atoms with Gasteiger partial charge < -0.3 is 5.32 Å². The zero-order valence-electron chi connectivity index (χ0n) is 11.2. The minimum absolute atomic E-state index is 0.492. The van der Waals surface area contributed by atoms with E-state index in [1.165, 1.54) is 11.3 Å². The Morgan fingerprint density at radius 1 is 1.32 bits per heavy atom. The lowest BCUT2D eigenvalue weighted by molar-refractivity contribution is 0.877. The Hall–Kier alpha value is -2.00. The van der Waals surface area contributed by atoms with E-state index in [1.807, 2.05) is 26.2 Å². The molecule has 1 N–H and O–H groups in total. The SMILES string of the molecule is CCc1nnc(Nc2nc(C)cs2)c(C#N)c1CC. The third-order valence-corrected chi connectivity index (χ3v) is 3.68. The first kappa shape index (κ1) is 13.4. The highest BCUT2D eigenvalue weighted by atomic mass is 32.1. The molecule has 98 valence electrons. The summed E-state index contributed by atoms with van der Waals surface area (Å²) in [5.74, 6) is 0.492. The van der Waals surface area contributed by atoms with Gasteiger partial charge in [-0.25, -0.2) is 4.98 Å². The number of aryl methyl sites for hydroxylation is 2. The van der Waals surface area contributed by atoms with Crippen LogP contribution in [0.25, 0.3) is 0 Å². The van der Waals surface area contributed by atoms with Crippen LogP contribution in [0.4, 0.5) is 10.9 Å². The molecule has 2 aromatic heterocycles. The third-order valence-electron chi connectivity index (χ3n) is 2.80. The monoisotopic (exact) mass is 273 g/mol. The topological polar surface area (TPSA) is 74.5 Å². The van der Waals surface area contributed by atoms with Crippen LogP contribution in [0, 0.1) is 18.3 Å². The molecule has 0 aliphatic carbocycles. The van der Waals surface area contributed by atoms with Gasteiger partial charge in [0.15, 0.2) is 10.9 Å². The molecule has 2 aromatic rings. The molecule has 0 saturated carbocycles. The molecule has 0 bridgehead atoms. The van der Waals surface area contributed by atoms with Gasteiger partial charge >= 0.3 is 0 Å². The maximum atomic E-state index is 9.36. The number of nitriles is 1. The average Bonchev–Trinajstić information content (AvgIpc) is 2.83. The molecule has 5 nitrogen and oxygen atoms in total. The molecule has 0 radical (unpaired) electrons. The van der Waals surface area contributed by atoms with Gasteiger partial charge in [-0.05, 0) is 25.3 Å². The van der Waals surface area contributed by atoms with Crippen molar-refractivity contribution in [2.45, 2.75) is 33.6 Å². The maximum absolute atomic E-state index is 9.36. The van der Waals surface area contributed by atoms with E-state index in [4.69, 9.17) is 0 Å². The van der Waals surface area contributed by atoms with E-state index in [1.54, 1.807) is 0 Å². The fraction of sp³-hybridized carbons (Fsp3) is 0.385. The Bertz CT molecular complexity index is 626. The minimum atomic E-state index is 0.492. The van der Waals surface area contributed by atoms with Crippen LogP contribution in [0.1, 0.15) is 36.4 Å². The van der Waals surface area contributed by atoms with Crippen LogP contribution in [0.15, 0.2) is 5.38 Å². The van der Waals surface area contributed by atoms with E-state index in [-0.39, 0.29) is 0 Å². The van der Waals surface area contributed by atoms with Gasteiger partial charge in [-0.15, -0.1) is 16.4 Å². The maximum Gasteiger partial charge on any atom is 0.188 e. The van der Waals surface area contributed by atoms with Crippen LogP contribution in [0.3, 0.4) is 0 Å². The lowest BCUT2D eigenvalue weighted by atomic mass is 10.0. The third kappa shape index (κ3) is 2.71. The van der Waals surface area contributed by atoms with Gasteiger partial charge in [0.05, 0.1) is 11.4 Å². The Labute approximate surface area is 116 Å². The number of hydrogen-bond acceptors (Lipinski definition) is 6. The van der Waals surface area contributed by atoms with E-state index < -0.39 is 0 Å². The number of anilines is 2. The molecule has 0 spiro atoms. The summed E-state index contributed by atoms with van der Waals surface area (Å²) in [6, 6.07) is 2.23. The van der Waals surface area contributed by atoms with E-state index in [9.17, 15) is 5.26 Å². The largest absolute Gasteiger partial charge is 0.314 e. The van der Waals surface area contributed by atoms with E-state index >= 15 is 0 Å². The summed E-state index contributed by atoms with van der Waals surface area (Å²) < 4.78 is 0. The normalized spacial score (nSPS) is 10.2. The molecule has 6 heteroatoms. The molecule has 0 aliphatic rings. The van der Waals surface area contributed by atoms with Crippen LogP contribution in [0.2, 0.25) is 0 Å². The van der Waals surface area contributed by atoms with Gasteiger partial charge in [-0.3, -0.25) is 0 Å². The number of aromatic nitrogens is 3. The quantitative estimate of drug-likeness (QED) is 0.927. The zero-order chi connectivity index (χ0) is 13.8. The summed E-state index contributed by atoms with van der Waals surface area (Å²) in [6.07, 6.45) is 1.55. The van der Waals surface area contributed by atoms with Crippen molar-refractivity contribution < 1.29 is 0 Å². The van der Waals surface area contributed by atoms with E-state index in [2.05, 4.69) is 26.6 Å². The van der Waals surface area contributed by atoms with Gasteiger partial charge in [0.25, 0.3) is 0 Å². The fourth-order valence-corrected chi connectivity index (χ4v) is 2.58. The van der Waals surface area contributed by atoms with Crippen molar-refractivity contribution in [3.05, 3.63) is 27.9 Å². The molecule has 0 fully saturated rings. The smallest absolute Gasteiger partial charge is 0.188 e. The first-order valence-corrected chi connectivity index (χ1v) is 7.05. The van der Waals surface area contributed by atoms with Crippen molar-refractivity contribution in [1.82, 2.24) is 15.2 Å². The number of nitrogens with one attached hydrogen (secondary N) is 1. The standard InChI is InChI=1S/C13H15N5S/c1-4-9-10(6-14)12(18-17-11(9)5-2)16-13-15-8(3)7-19-13/h7H,4-5H2,1-3H3,(H,15,16,18). The summed E-state index contributed by atoms with van der Waals surface area (Å²) in [5.41, 5.74) is 3.37. The van der Waals surface area contributed by atoms with Gasteiger partial charge in [0.2, 0.25) is 0 Å². The van der Waals surface area contributed by atoms with Crippen LogP contribution in [0.5, 0.6) is 0 Å². The van der Waals surface area contributed by atoms with Crippen LogP contribution in [-0.2, 0) is 12.8 Å². The Balaban J connectivity index is 2.43. The zero-order valence-corrected chi connectivity index (χ0v) is 12.0. The molecule has 0 aliphatic heterocycles. The summed E-state index contributed by atoms with van der Waals surface area (Å²) in [5, 5.41) is 23.4. The van der Waals surface area contributed by atoms with Gasteiger partial charge in [-0.2, -0.15) is 10.4 Å².